The first-order valence-corrected chi connectivity index (χ1v) is 15.7. The molecular formula is C22H37ClN3O8PS2. The van der Waals surface area contributed by atoms with Gasteiger partial charge in [-0.2, -0.15) is 0 Å². The van der Waals surface area contributed by atoms with Gasteiger partial charge in [0.1, 0.15) is 12.8 Å². The molecule has 0 radical (unpaired) electrons. The van der Waals surface area contributed by atoms with E-state index < -0.39 is 41.6 Å². The van der Waals surface area contributed by atoms with Gasteiger partial charge < -0.3 is 23.4 Å². The molecule has 212 valence electrons. The number of halogens is 1. The SMILES string of the molecule is CC(C)OC(=O)CN[P@@](=S)(OCCSC(=O)C(C)(C)C)OCC1CC(Cl)C(N(C)/C=C\C(=O)NC=O)O1. The van der Waals surface area contributed by atoms with Crippen LogP contribution in [0.5, 0.6) is 0 Å². The predicted octanol–water partition coefficient (Wildman–Crippen LogP) is 2.53. The molecule has 0 aromatic rings. The Kier molecular flexibility index (Phi) is 14.8. The van der Waals surface area contributed by atoms with E-state index in [1.54, 1.807) is 25.8 Å². The summed E-state index contributed by atoms with van der Waals surface area (Å²) in [4.78, 5) is 47.6. The Balaban J connectivity index is 2.72. The first-order chi connectivity index (χ1) is 17.2. The zero-order valence-electron chi connectivity index (χ0n) is 21.9. The molecule has 11 nitrogen and oxygen atoms in total. The van der Waals surface area contributed by atoms with Gasteiger partial charge in [0.05, 0.1) is 30.8 Å². The third-order valence-corrected chi connectivity index (χ3v) is 8.81. The van der Waals surface area contributed by atoms with Crippen molar-refractivity contribution in [3.8, 4) is 0 Å². The van der Waals surface area contributed by atoms with Gasteiger partial charge in [0.15, 0.2) is 5.12 Å². The first kappa shape index (κ1) is 34.0. The molecule has 37 heavy (non-hydrogen) atoms. The zero-order chi connectivity index (χ0) is 28.2. The van der Waals surface area contributed by atoms with Crippen LogP contribution >= 0.6 is 30.0 Å². The second-order valence-electron chi connectivity index (χ2n) is 9.39. The number of carbonyl (C=O) groups excluding carboxylic acids is 4. The molecule has 4 atom stereocenters. The summed E-state index contributed by atoms with van der Waals surface area (Å²) in [7, 11) is 1.68. The van der Waals surface area contributed by atoms with E-state index in [-0.39, 0.29) is 31.0 Å². The van der Waals surface area contributed by atoms with Gasteiger partial charge in [-0.25, -0.2) is 5.09 Å². The fourth-order valence-corrected chi connectivity index (χ4v) is 6.04. The van der Waals surface area contributed by atoms with E-state index in [1.165, 1.54) is 12.3 Å². The van der Waals surface area contributed by atoms with Crippen LogP contribution in [0.25, 0.3) is 0 Å². The van der Waals surface area contributed by atoms with Gasteiger partial charge in [-0.15, -0.1) is 11.6 Å². The molecule has 0 spiro atoms. The van der Waals surface area contributed by atoms with Gasteiger partial charge in [-0.3, -0.25) is 24.5 Å². The number of rotatable bonds is 15. The molecule has 0 aromatic heterocycles. The lowest BCUT2D eigenvalue weighted by Gasteiger charge is -2.26. The lowest BCUT2D eigenvalue weighted by atomic mass is 10.00. The van der Waals surface area contributed by atoms with Gasteiger partial charge in [0.2, 0.25) is 6.41 Å². The number of nitrogens with one attached hydrogen (secondary N) is 2. The lowest BCUT2D eigenvalue weighted by Crippen LogP contribution is -2.34. The van der Waals surface area contributed by atoms with Crippen LogP contribution in [0.1, 0.15) is 41.0 Å². The summed E-state index contributed by atoms with van der Waals surface area (Å²) in [6.07, 6.45) is 2.10. The van der Waals surface area contributed by atoms with Crippen LogP contribution in [0.2, 0.25) is 0 Å². The summed E-state index contributed by atoms with van der Waals surface area (Å²) in [5.41, 5.74) is -0.477. The topological polar surface area (TPSA) is 132 Å². The van der Waals surface area contributed by atoms with Crippen LogP contribution in [-0.2, 0) is 49.5 Å². The Morgan fingerprint density at radius 3 is 2.57 bits per heavy atom. The molecule has 1 rings (SSSR count). The number of carbonyl (C=O) groups is 4. The Hall–Kier alpha value is -1.05. The lowest BCUT2D eigenvalue weighted by molar-refractivity contribution is -0.146. The van der Waals surface area contributed by atoms with Crippen molar-refractivity contribution in [2.45, 2.75) is 64.9 Å². The summed E-state index contributed by atoms with van der Waals surface area (Å²) in [6, 6.07) is 0. The van der Waals surface area contributed by atoms with Gasteiger partial charge in [0, 0.05) is 30.5 Å². The average molecular weight is 602 g/mol. The van der Waals surface area contributed by atoms with Crippen LogP contribution < -0.4 is 10.4 Å². The standard InChI is InChI=1S/C22H37ClN3O8PS2/c1-15(2)33-19(29)12-25-35(36,31-9-10-37-21(30)22(3,4)5)32-13-16-11-17(23)20(34-16)26(6)8-7-18(28)24-14-27/h7-8,14-17,20H,9-13H2,1-6H3,(H,25,36)(H,24,27,28)/b8-7-/t16?,17?,20?,35-/m1/s1. The predicted molar refractivity (Wildman–Crippen MR) is 146 cm³/mol. The monoisotopic (exact) mass is 601 g/mol. The maximum atomic E-state index is 12.1. The van der Waals surface area contributed by atoms with E-state index in [1.807, 2.05) is 26.1 Å². The van der Waals surface area contributed by atoms with E-state index in [0.717, 1.165) is 11.8 Å². The Bertz CT molecular complexity index is 871. The maximum Gasteiger partial charge on any atom is 0.320 e. The number of hydrogen-bond acceptors (Lipinski definition) is 11. The van der Waals surface area contributed by atoms with Gasteiger partial charge in [0.25, 0.3) is 12.5 Å². The molecule has 2 N–H and O–H groups in total. The number of imide groups is 1. The van der Waals surface area contributed by atoms with E-state index in [2.05, 4.69) is 5.09 Å². The molecule has 0 aromatic carbocycles. The largest absolute Gasteiger partial charge is 0.462 e. The molecule has 3 unspecified atom stereocenters. The van der Waals surface area contributed by atoms with Crippen molar-refractivity contribution in [3.63, 3.8) is 0 Å². The quantitative estimate of drug-likeness (QED) is 0.0713. The molecule has 1 aliphatic heterocycles. The number of amides is 2. The molecule has 15 heteroatoms. The van der Waals surface area contributed by atoms with Crippen LogP contribution in [0, 0.1) is 5.41 Å². The molecule has 0 saturated carbocycles. The molecule has 2 amide bonds. The third-order valence-electron chi connectivity index (χ3n) is 4.60. The number of thioether (sulfide) groups is 1. The molecule has 1 saturated heterocycles. The summed E-state index contributed by atoms with van der Waals surface area (Å²) in [6.45, 7) is 5.82. The number of nitrogens with zero attached hydrogens (tertiary/aromatic N) is 1. The van der Waals surface area contributed by atoms with Gasteiger partial charge in [-0.05, 0) is 32.1 Å². The minimum absolute atomic E-state index is 0.0270. The maximum absolute atomic E-state index is 12.1. The normalized spacial score (nSPS) is 21.6. The highest BCUT2D eigenvalue weighted by molar-refractivity contribution is 8.13. The van der Waals surface area contributed by atoms with Crippen molar-refractivity contribution in [3.05, 3.63) is 12.3 Å². The summed E-state index contributed by atoms with van der Waals surface area (Å²) in [5.74, 6) is -0.705. The molecule has 0 aliphatic carbocycles. The van der Waals surface area contributed by atoms with Crippen molar-refractivity contribution in [1.82, 2.24) is 15.3 Å². The van der Waals surface area contributed by atoms with Crippen molar-refractivity contribution in [2.75, 3.05) is 32.6 Å². The number of ether oxygens (including phenoxy) is 2. The summed E-state index contributed by atoms with van der Waals surface area (Å²) >= 11 is 13.2. The fraction of sp³-hybridized carbons (Fsp3) is 0.727. The fourth-order valence-electron chi connectivity index (χ4n) is 2.82. The van der Waals surface area contributed by atoms with Crippen molar-refractivity contribution in [2.24, 2.45) is 5.41 Å². The molecule has 0 bridgehead atoms. The van der Waals surface area contributed by atoms with Crippen LogP contribution in [-0.4, -0.2) is 84.7 Å². The second-order valence-corrected chi connectivity index (χ2v) is 14.3. The van der Waals surface area contributed by atoms with Crippen LogP contribution in [0.4, 0.5) is 0 Å². The van der Waals surface area contributed by atoms with Crippen molar-refractivity contribution >= 4 is 65.2 Å². The van der Waals surface area contributed by atoms with Gasteiger partial charge in [-0.1, -0.05) is 32.5 Å². The first-order valence-electron chi connectivity index (χ1n) is 11.6. The summed E-state index contributed by atoms with van der Waals surface area (Å²) in [5, 5.41) is 4.48. The average Bonchev–Trinajstić information content (AvgIpc) is 3.17. The third kappa shape index (κ3) is 13.5. The Morgan fingerprint density at radius 1 is 1.30 bits per heavy atom. The van der Waals surface area contributed by atoms with E-state index in [4.69, 9.17) is 41.9 Å². The van der Waals surface area contributed by atoms with Gasteiger partial charge >= 0.3 is 5.97 Å². The van der Waals surface area contributed by atoms with Crippen molar-refractivity contribution in [1.29, 1.82) is 0 Å². The Labute approximate surface area is 232 Å². The summed E-state index contributed by atoms with van der Waals surface area (Å²) < 4.78 is 22.8. The highest BCUT2D eigenvalue weighted by Crippen LogP contribution is 2.45. The number of hydrogen-bond donors (Lipinski definition) is 2. The molecule has 1 aliphatic rings. The minimum Gasteiger partial charge on any atom is -0.462 e. The smallest absolute Gasteiger partial charge is 0.320 e. The molecule has 1 fully saturated rings. The minimum atomic E-state index is -3.15. The highest BCUT2D eigenvalue weighted by atomic mass is 35.5. The highest BCUT2D eigenvalue weighted by Gasteiger charge is 2.37. The second kappa shape index (κ2) is 16.1. The number of esters is 1. The molecule has 1 heterocycles. The Morgan fingerprint density at radius 2 is 1.97 bits per heavy atom. The molecular weight excluding hydrogens is 565 g/mol. The van der Waals surface area contributed by atoms with Crippen LogP contribution in [0.15, 0.2) is 12.3 Å². The van der Waals surface area contributed by atoms with Crippen molar-refractivity contribution < 1.29 is 37.7 Å². The number of alkyl halides is 1. The van der Waals surface area contributed by atoms with Crippen LogP contribution in [0.3, 0.4) is 0 Å². The van der Waals surface area contributed by atoms with E-state index in [0.29, 0.717) is 18.6 Å². The van der Waals surface area contributed by atoms with E-state index in [9.17, 15) is 19.2 Å². The zero-order valence-corrected chi connectivity index (χ0v) is 25.2. The van der Waals surface area contributed by atoms with E-state index >= 15 is 0 Å².